The van der Waals surface area contributed by atoms with Gasteiger partial charge in [0.05, 0.1) is 108 Å². The molecule has 0 N–H and O–H groups in total. The maximum absolute atomic E-state index is 15.2. The Morgan fingerprint density at radius 2 is 0.520 bits per heavy atom. The number of hydrogen-bond acceptors (Lipinski definition) is 1. The summed E-state index contributed by atoms with van der Waals surface area (Å²) >= 11 is 0. The molecule has 0 amide bonds. The molecule has 0 aliphatic rings. The van der Waals surface area contributed by atoms with Gasteiger partial charge in [-0.3, -0.25) is 0 Å². The highest BCUT2D eigenvalue weighted by Crippen LogP contribution is 2.53. The van der Waals surface area contributed by atoms with Gasteiger partial charge in [-0.05, 0) is 173 Å². The van der Waals surface area contributed by atoms with Crippen molar-refractivity contribution >= 4 is 98.6 Å². The molecule has 16 rings (SSSR count). The van der Waals surface area contributed by atoms with Gasteiger partial charge in [-0.25, -0.2) is 9.69 Å². The molecule has 0 radical (unpaired) electrons. The second-order valence-corrected chi connectivity index (χ2v) is 26.5. The first-order valence-electron chi connectivity index (χ1n) is 32.7. The number of benzene rings is 12. The Bertz CT molecular complexity index is 5890. The van der Waals surface area contributed by atoms with Gasteiger partial charge in [0.2, 0.25) is 0 Å². The summed E-state index contributed by atoms with van der Waals surface area (Å²) in [5, 5.41) is 17.2. The molecule has 0 saturated carbocycles. The van der Waals surface area contributed by atoms with E-state index in [4.69, 9.17) is 13.1 Å². The van der Waals surface area contributed by atoms with E-state index in [0.717, 1.165) is 140 Å². The molecule has 4 heterocycles. The Kier molecular flexibility index (Phi) is 15.4. The predicted octanol–water partition coefficient (Wildman–Crippen LogP) is 25.6. The van der Waals surface area contributed by atoms with Crippen LogP contribution in [0.15, 0.2) is 206 Å². The third-order valence-corrected chi connectivity index (χ3v) is 19.4. The van der Waals surface area contributed by atoms with Crippen LogP contribution in [0.5, 0.6) is 0 Å². The zero-order chi connectivity index (χ0) is 71.9. The maximum atomic E-state index is 15.2. The number of hydrogen-bond donors (Lipinski definition) is 0. The Morgan fingerprint density at radius 1 is 0.294 bits per heavy atom. The van der Waals surface area contributed by atoms with Gasteiger partial charge < -0.3 is 18.3 Å². The molecule has 0 bridgehead atoms. The quantitative estimate of drug-likeness (QED) is 0.121. The van der Waals surface area contributed by atoms with E-state index in [1.165, 1.54) is 18.2 Å². The van der Waals surface area contributed by atoms with Crippen LogP contribution in [0.3, 0.4) is 0 Å². The van der Waals surface area contributed by atoms with Gasteiger partial charge >= 0.3 is 18.5 Å². The number of fused-ring (bicyclic) bond motifs is 12. The minimum atomic E-state index is -4.95. The summed E-state index contributed by atoms with van der Waals surface area (Å²) in [6.45, 7) is 31.5. The summed E-state index contributed by atoms with van der Waals surface area (Å²) in [5.41, 5.74) is 8.99. The van der Waals surface area contributed by atoms with Crippen molar-refractivity contribution in [1.82, 2.24) is 18.3 Å². The van der Waals surface area contributed by atoms with Gasteiger partial charge in [0.25, 0.3) is 0 Å². The molecule has 0 spiro atoms. The fourth-order valence-corrected chi connectivity index (χ4v) is 14.9. The number of halogens is 9. The molecule has 0 atom stereocenters. The Morgan fingerprint density at radius 3 is 0.716 bits per heavy atom. The van der Waals surface area contributed by atoms with Crippen molar-refractivity contribution in [2.75, 3.05) is 0 Å². The lowest BCUT2D eigenvalue weighted by atomic mass is 9.92. The molecule has 12 aromatic carbocycles. The molecule has 4 aromatic heterocycles. The standard InChI is InChI=1S/C43H29F6N3.C43H29F3N4/c1-23-9-13-28-29-14-10-24(2)18-35(29)51(34(28)17-23)38-21-27(42(44,45)46)22-39(41(38)40-32(43(47,48)49)7-6-8-33(40)50-5)52-36-19-25(3)11-15-30(36)31-16-12-26(4)20-37(31)52;1-24-9-13-29-30-14-10-25(2)18-36(30)49(35(29)17-24)39-21-28(23-47)22-40(42(39)41-33(43(44,45)46)7-6-8-34(41)48-5)50-37-19-26(3)11-15-31(37)32-16-12-27(4)20-38(32)50/h6-22H,1-4H3;6-22H,1-4H3. The number of aryl methyl sites for hydroxylation is 8. The van der Waals surface area contributed by atoms with Crippen LogP contribution < -0.4 is 0 Å². The zero-order valence-electron chi connectivity index (χ0n) is 56.2. The summed E-state index contributed by atoms with van der Waals surface area (Å²) < 4.78 is 144. The van der Waals surface area contributed by atoms with E-state index >= 15 is 39.5 Å². The molecule has 500 valence electrons. The number of nitriles is 1. The largest absolute Gasteiger partial charge is 0.416 e. The van der Waals surface area contributed by atoms with Gasteiger partial charge in [-0.2, -0.15) is 44.8 Å². The van der Waals surface area contributed by atoms with Gasteiger partial charge in [-0.15, -0.1) is 0 Å². The first kappa shape index (κ1) is 65.6. The molecule has 16 aromatic rings. The predicted molar refractivity (Wildman–Crippen MR) is 391 cm³/mol. The summed E-state index contributed by atoms with van der Waals surface area (Å²) in [5.74, 6) is 0. The fourth-order valence-electron chi connectivity index (χ4n) is 14.9. The van der Waals surface area contributed by atoms with Crippen LogP contribution >= 0.6 is 0 Å². The normalized spacial score (nSPS) is 12.1. The summed E-state index contributed by atoms with van der Waals surface area (Å²) in [6.07, 6.45) is -14.6. The third-order valence-electron chi connectivity index (χ3n) is 19.4. The first-order valence-corrected chi connectivity index (χ1v) is 32.7. The van der Waals surface area contributed by atoms with Crippen molar-refractivity contribution in [3.8, 4) is 51.1 Å². The van der Waals surface area contributed by atoms with Gasteiger partial charge in [0.15, 0.2) is 11.4 Å². The molecule has 0 saturated heterocycles. The second kappa shape index (κ2) is 24.0. The van der Waals surface area contributed by atoms with E-state index in [1.807, 2.05) is 210 Å². The van der Waals surface area contributed by atoms with Crippen LogP contribution in [0, 0.1) is 79.9 Å². The van der Waals surface area contributed by atoms with Gasteiger partial charge in [-0.1, -0.05) is 133 Å². The van der Waals surface area contributed by atoms with Crippen molar-refractivity contribution in [3.05, 3.63) is 296 Å². The van der Waals surface area contributed by atoms with Crippen LogP contribution in [0.25, 0.3) is 142 Å². The Hall–Kier alpha value is -12.3. The van der Waals surface area contributed by atoms with Crippen molar-refractivity contribution in [1.29, 1.82) is 5.26 Å². The lowest BCUT2D eigenvalue weighted by Crippen LogP contribution is -2.13. The lowest BCUT2D eigenvalue weighted by Gasteiger charge is -2.25. The average molecular weight is 1360 g/mol. The van der Waals surface area contributed by atoms with E-state index in [9.17, 15) is 5.26 Å². The van der Waals surface area contributed by atoms with E-state index < -0.39 is 40.8 Å². The third kappa shape index (κ3) is 10.7. The van der Waals surface area contributed by atoms with Crippen molar-refractivity contribution in [2.45, 2.75) is 73.9 Å². The number of alkyl halides is 9. The first-order chi connectivity index (χ1) is 48.6. The Labute approximate surface area is 579 Å². The van der Waals surface area contributed by atoms with E-state index in [2.05, 4.69) is 15.8 Å². The van der Waals surface area contributed by atoms with Crippen LogP contribution in [-0.4, -0.2) is 18.3 Å². The molecular weight excluding hydrogens is 1300 g/mol. The molecule has 0 fully saturated rings. The van der Waals surface area contributed by atoms with Crippen LogP contribution in [0.1, 0.15) is 66.8 Å². The number of nitrogens with zero attached hydrogens (tertiary/aromatic N) is 7. The average Bonchev–Trinajstić information content (AvgIpc) is 1.49. The van der Waals surface area contributed by atoms with Gasteiger partial charge in [0.1, 0.15) is 0 Å². The second-order valence-electron chi connectivity index (χ2n) is 26.5. The van der Waals surface area contributed by atoms with Crippen LogP contribution in [0.2, 0.25) is 0 Å². The lowest BCUT2D eigenvalue weighted by molar-refractivity contribution is -0.138. The van der Waals surface area contributed by atoms with Crippen molar-refractivity contribution in [2.24, 2.45) is 0 Å². The Balaban J connectivity index is 0.000000165. The van der Waals surface area contributed by atoms with Crippen LogP contribution in [0.4, 0.5) is 50.9 Å². The highest BCUT2D eigenvalue weighted by Gasteiger charge is 2.41. The number of aromatic nitrogens is 4. The molecule has 102 heavy (non-hydrogen) atoms. The minimum Gasteiger partial charge on any atom is -0.309 e. The molecule has 0 aliphatic carbocycles. The molecule has 16 heteroatoms. The molecule has 0 unspecified atom stereocenters. The minimum absolute atomic E-state index is 0.127. The summed E-state index contributed by atoms with van der Waals surface area (Å²) in [4.78, 5) is 7.23. The van der Waals surface area contributed by atoms with E-state index in [0.29, 0.717) is 33.4 Å². The monoisotopic (exact) mass is 1360 g/mol. The summed E-state index contributed by atoms with van der Waals surface area (Å²) in [7, 11) is 0. The van der Waals surface area contributed by atoms with Crippen LogP contribution in [-0.2, 0) is 18.5 Å². The van der Waals surface area contributed by atoms with Crippen molar-refractivity contribution in [3.63, 3.8) is 0 Å². The highest BCUT2D eigenvalue weighted by molar-refractivity contribution is 6.15. The number of rotatable bonds is 6. The van der Waals surface area contributed by atoms with Crippen molar-refractivity contribution < 1.29 is 39.5 Å². The molecule has 7 nitrogen and oxygen atoms in total. The SMILES string of the molecule is [C-]#[N+]c1cccc(C(F)(F)F)c1-c1c(-n2c3cc(C)ccc3c3ccc(C)cc32)cc(C#N)cc1-n1c2cc(C)ccc2c2ccc(C)cc21.[C-]#[N+]c1cccc(C(F)(F)F)c1-c1c(-n2c3cc(C)ccc3c3ccc(C)cc32)cc(C(F)(F)F)cc1-n1c2cc(C)ccc2c2ccc(C)cc21. The molecule has 0 aliphatic heterocycles. The fraction of sp³-hybridized carbons (Fsp3) is 0.128. The van der Waals surface area contributed by atoms with E-state index in [1.54, 1.807) is 21.3 Å². The van der Waals surface area contributed by atoms with E-state index in [-0.39, 0.29) is 45.0 Å². The topological polar surface area (TPSA) is 52.2 Å². The molecular formula is C86H58F9N7. The smallest absolute Gasteiger partial charge is 0.309 e. The maximum Gasteiger partial charge on any atom is 0.416 e. The highest BCUT2D eigenvalue weighted by atomic mass is 19.4. The van der Waals surface area contributed by atoms with Gasteiger partial charge in [0, 0.05) is 65.3 Å². The summed E-state index contributed by atoms with van der Waals surface area (Å²) in [6, 6.07) is 61.2. The zero-order valence-corrected chi connectivity index (χ0v) is 56.2.